The molecular weight excluding hydrogens is 134 g/mol. The highest BCUT2D eigenvalue weighted by molar-refractivity contribution is 5.85. The van der Waals surface area contributed by atoms with E-state index in [1.807, 2.05) is 0 Å². The van der Waals surface area contributed by atoms with Crippen LogP contribution in [-0.2, 0) is 0 Å². The molecule has 1 heterocycles. The van der Waals surface area contributed by atoms with E-state index in [0.717, 1.165) is 17.8 Å². The Morgan fingerprint density at radius 3 is 2.56 bits per heavy atom. The van der Waals surface area contributed by atoms with E-state index in [2.05, 4.69) is 12.2 Å². The average Bonchev–Trinajstić information content (AvgIpc) is 2.46. The van der Waals surface area contributed by atoms with E-state index < -0.39 is 0 Å². The Morgan fingerprint density at radius 2 is 2.11 bits per heavy atom. The van der Waals surface area contributed by atoms with Crippen molar-refractivity contribution in [3.05, 3.63) is 0 Å². The summed E-state index contributed by atoms with van der Waals surface area (Å²) in [4.78, 5) is 0. The van der Waals surface area contributed by atoms with E-state index in [1.54, 1.807) is 0 Å². The van der Waals surface area contributed by atoms with Crippen molar-refractivity contribution in [2.24, 2.45) is 17.8 Å². The molecule has 0 aromatic heterocycles. The van der Waals surface area contributed by atoms with Crippen LogP contribution in [0.3, 0.4) is 0 Å². The fourth-order valence-electron chi connectivity index (χ4n) is 1.99. The van der Waals surface area contributed by atoms with Crippen LogP contribution < -0.4 is 5.32 Å². The van der Waals surface area contributed by atoms with Crippen molar-refractivity contribution < 1.29 is 0 Å². The van der Waals surface area contributed by atoms with Crippen molar-refractivity contribution in [3.8, 4) is 0 Å². The van der Waals surface area contributed by atoms with Gasteiger partial charge in [-0.25, -0.2) is 0 Å². The molecule has 2 rings (SSSR count). The van der Waals surface area contributed by atoms with Crippen LogP contribution in [0.15, 0.2) is 0 Å². The van der Waals surface area contributed by atoms with E-state index in [9.17, 15) is 0 Å². The minimum atomic E-state index is 0. The molecule has 0 spiro atoms. The summed E-state index contributed by atoms with van der Waals surface area (Å²) < 4.78 is 0. The van der Waals surface area contributed by atoms with E-state index in [1.165, 1.54) is 19.5 Å². The molecule has 0 radical (unpaired) electrons. The zero-order valence-electron chi connectivity index (χ0n) is 5.76. The fraction of sp³-hybridized carbons (Fsp3) is 1.00. The Kier molecular flexibility index (Phi) is 2.02. The Hall–Kier alpha value is 0.250. The van der Waals surface area contributed by atoms with Gasteiger partial charge in [0.05, 0.1) is 0 Å². The van der Waals surface area contributed by atoms with E-state index in [0.29, 0.717) is 0 Å². The predicted molar refractivity (Wildman–Crippen MR) is 40.9 cm³/mol. The fourth-order valence-corrected chi connectivity index (χ4v) is 1.99. The highest BCUT2D eigenvalue weighted by Gasteiger charge is 2.46. The molecule has 1 N–H and O–H groups in total. The first-order chi connectivity index (χ1) is 3.89. The molecule has 0 amide bonds. The van der Waals surface area contributed by atoms with Gasteiger partial charge in [-0.1, -0.05) is 6.92 Å². The Labute approximate surface area is 62.6 Å². The van der Waals surface area contributed by atoms with Crippen LogP contribution >= 0.6 is 12.4 Å². The summed E-state index contributed by atoms with van der Waals surface area (Å²) in [6.07, 6.45) is 1.44. The maximum absolute atomic E-state index is 3.41. The Bertz CT molecular complexity index is 93.1. The molecule has 0 aromatic carbocycles. The zero-order valence-corrected chi connectivity index (χ0v) is 6.58. The third-order valence-corrected chi connectivity index (χ3v) is 2.79. The van der Waals surface area contributed by atoms with Crippen molar-refractivity contribution in [1.29, 1.82) is 0 Å². The van der Waals surface area contributed by atoms with Gasteiger partial charge in [0.2, 0.25) is 0 Å². The first-order valence-electron chi connectivity index (χ1n) is 3.60. The third-order valence-electron chi connectivity index (χ3n) is 2.79. The molecule has 3 atom stereocenters. The molecule has 0 aromatic rings. The minimum absolute atomic E-state index is 0. The zero-order chi connectivity index (χ0) is 5.56. The number of hydrogen-bond acceptors (Lipinski definition) is 1. The molecular formula is C7H14ClN. The molecule has 0 bridgehead atoms. The van der Waals surface area contributed by atoms with Crippen LogP contribution in [0, 0.1) is 17.8 Å². The second-order valence-corrected chi connectivity index (χ2v) is 3.18. The standard InChI is InChI=1S/C7H13N.ClH/c1-5-6-2-3-8-4-7(5)6;/h5-8H,2-4H2,1H3;1H. The van der Waals surface area contributed by atoms with Gasteiger partial charge in [0.25, 0.3) is 0 Å². The summed E-state index contributed by atoms with van der Waals surface area (Å²) in [6.45, 7) is 4.94. The molecule has 54 valence electrons. The van der Waals surface area contributed by atoms with E-state index in [-0.39, 0.29) is 12.4 Å². The van der Waals surface area contributed by atoms with Crippen LogP contribution in [0.1, 0.15) is 13.3 Å². The lowest BCUT2D eigenvalue weighted by atomic mass is 10.2. The first kappa shape index (κ1) is 7.36. The van der Waals surface area contributed by atoms with Crippen LogP contribution in [0.4, 0.5) is 0 Å². The van der Waals surface area contributed by atoms with Gasteiger partial charge < -0.3 is 5.32 Å². The molecule has 3 unspecified atom stereocenters. The predicted octanol–water partition coefficient (Wildman–Crippen LogP) is 1.28. The van der Waals surface area contributed by atoms with Gasteiger partial charge in [0.15, 0.2) is 0 Å². The lowest BCUT2D eigenvalue weighted by Crippen LogP contribution is -2.23. The smallest absolute Gasteiger partial charge is 0.00151 e. The molecule has 2 aliphatic rings. The van der Waals surface area contributed by atoms with Crippen LogP contribution in [0.25, 0.3) is 0 Å². The molecule has 1 aliphatic carbocycles. The van der Waals surface area contributed by atoms with E-state index >= 15 is 0 Å². The molecule has 9 heavy (non-hydrogen) atoms. The molecule has 2 fully saturated rings. The van der Waals surface area contributed by atoms with Gasteiger partial charge >= 0.3 is 0 Å². The van der Waals surface area contributed by atoms with Gasteiger partial charge in [-0.2, -0.15) is 0 Å². The summed E-state index contributed by atoms with van der Waals surface area (Å²) in [7, 11) is 0. The summed E-state index contributed by atoms with van der Waals surface area (Å²) in [6, 6.07) is 0. The number of fused-ring (bicyclic) bond motifs is 1. The maximum atomic E-state index is 3.41. The van der Waals surface area contributed by atoms with Crippen LogP contribution in [0.2, 0.25) is 0 Å². The molecule has 1 nitrogen and oxygen atoms in total. The topological polar surface area (TPSA) is 12.0 Å². The molecule has 1 saturated heterocycles. The number of hydrogen-bond donors (Lipinski definition) is 1. The minimum Gasteiger partial charge on any atom is -0.316 e. The van der Waals surface area contributed by atoms with Gasteiger partial charge in [-0.3, -0.25) is 0 Å². The van der Waals surface area contributed by atoms with Crippen molar-refractivity contribution in [2.45, 2.75) is 13.3 Å². The molecule has 2 heteroatoms. The number of nitrogens with one attached hydrogen (secondary N) is 1. The van der Waals surface area contributed by atoms with Gasteiger partial charge in [0.1, 0.15) is 0 Å². The summed E-state index contributed by atoms with van der Waals surface area (Å²) in [5.41, 5.74) is 0. The number of piperidine rings is 1. The van der Waals surface area contributed by atoms with Gasteiger partial charge in [0, 0.05) is 0 Å². The first-order valence-corrected chi connectivity index (χ1v) is 3.60. The van der Waals surface area contributed by atoms with Crippen molar-refractivity contribution in [2.75, 3.05) is 13.1 Å². The van der Waals surface area contributed by atoms with Crippen molar-refractivity contribution in [1.82, 2.24) is 5.32 Å². The highest BCUT2D eigenvalue weighted by atomic mass is 35.5. The van der Waals surface area contributed by atoms with Crippen LogP contribution in [0.5, 0.6) is 0 Å². The lowest BCUT2D eigenvalue weighted by molar-refractivity contribution is 0.497. The Balaban J connectivity index is 0.000000405. The highest BCUT2D eigenvalue weighted by Crippen LogP contribution is 2.48. The van der Waals surface area contributed by atoms with E-state index in [4.69, 9.17) is 0 Å². The monoisotopic (exact) mass is 147 g/mol. The molecule has 1 saturated carbocycles. The summed E-state index contributed by atoms with van der Waals surface area (Å²) in [5.74, 6) is 3.21. The van der Waals surface area contributed by atoms with Gasteiger partial charge in [-0.05, 0) is 37.3 Å². The second-order valence-electron chi connectivity index (χ2n) is 3.18. The third kappa shape index (κ3) is 1.08. The number of halogens is 1. The van der Waals surface area contributed by atoms with Crippen molar-refractivity contribution in [3.63, 3.8) is 0 Å². The average molecular weight is 148 g/mol. The maximum Gasteiger partial charge on any atom is -0.00151 e. The summed E-state index contributed by atoms with van der Waals surface area (Å²) in [5, 5.41) is 3.41. The second kappa shape index (κ2) is 2.47. The Morgan fingerprint density at radius 1 is 1.33 bits per heavy atom. The summed E-state index contributed by atoms with van der Waals surface area (Å²) >= 11 is 0. The lowest BCUT2D eigenvalue weighted by Gasteiger charge is -2.08. The van der Waals surface area contributed by atoms with Crippen molar-refractivity contribution >= 4 is 12.4 Å². The molecule has 1 aliphatic heterocycles. The SMILES string of the molecule is CC1C2CCNCC12.Cl. The van der Waals surface area contributed by atoms with Gasteiger partial charge in [-0.15, -0.1) is 12.4 Å². The van der Waals surface area contributed by atoms with Crippen LogP contribution in [-0.4, -0.2) is 13.1 Å². The quantitative estimate of drug-likeness (QED) is 0.545. The normalized spacial score (nSPS) is 47.0. The largest absolute Gasteiger partial charge is 0.316 e. The number of rotatable bonds is 0.